The van der Waals surface area contributed by atoms with Crippen LogP contribution >= 0.6 is 0 Å². The summed E-state index contributed by atoms with van der Waals surface area (Å²) in [5, 5.41) is 7.67. The molecule has 3 rings (SSSR count). The molecule has 7 heteroatoms. The van der Waals surface area contributed by atoms with Gasteiger partial charge in [0.1, 0.15) is 11.9 Å². The van der Waals surface area contributed by atoms with Crippen LogP contribution < -0.4 is 10.1 Å². The molecule has 0 aromatic carbocycles. The third-order valence-electron chi connectivity index (χ3n) is 3.94. The molecule has 1 N–H and O–H groups in total. The Kier molecular flexibility index (Phi) is 4.92. The van der Waals surface area contributed by atoms with E-state index in [-0.39, 0.29) is 6.10 Å². The Morgan fingerprint density at radius 1 is 1.24 bits per heavy atom. The van der Waals surface area contributed by atoms with E-state index in [2.05, 4.69) is 25.4 Å². The summed E-state index contributed by atoms with van der Waals surface area (Å²) in [6, 6.07) is 5.63. The molecule has 0 saturated heterocycles. The molecule has 0 bridgehead atoms. The van der Waals surface area contributed by atoms with E-state index in [0.717, 1.165) is 28.4 Å². The summed E-state index contributed by atoms with van der Waals surface area (Å²) in [5.41, 5.74) is 3.95. The van der Waals surface area contributed by atoms with Gasteiger partial charge < -0.3 is 10.1 Å². The Bertz CT molecular complexity index is 846. The summed E-state index contributed by atoms with van der Waals surface area (Å²) in [5.74, 6) is 1.31. The zero-order valence-electron chi connectivity index (χ0n) is 14.9. The number of aromatic nitrogens is 5. The molecule has 0 spiro atoms. The van der Waals surface area contributed by atoms with Crippen LogP contribution in [0.3, 0.4) is 0 Å². The van der Waals surface area contributed by atoms with Crippen LogP contribution in [0.2, 0.25) is 0 Å². The molecule has 3 heterocycles. The molecular weight excluding hydrogens is 316 g/mol. The molecule has 0 radical (unpaired) electrons. The van der Waals surface area contributed by atoms with Crippen LogP contribution in [0, 0.1) is 13.8 Å². The van der Waals surface area contributed by atoms with Crippen molar-refractivity contribution in [2.24, 2.45) is 7.05 Å². The van der Waals surface area contributed by atoms with Crippen molar-refractivity contribution in [3.63, 3.8) is 0 Å². The largest absolute Gasteiger partial charge is 0.487 e. The molecular formula is C18H22N6O. The highest BCUT2D eigenvalue weighted by molar-refractivity contribution is 5.65. The molecule has 25 heavy (non-hydrogen) atoms. The Labute approximate surface area is 147 Å². The summed E-state index contributed by atoms with van der Waals surface area (Å²) >= 11 is 0. The standard InChI is InChI=1S/C18H22N6O/c1-12(25-15-6-5-8-19-11-15)10-21-18-20-9-7-16(22-18)17-13(2)23-24(4)14(17)3/h5-9,11-12H,10H2,1-4H3,(H,20,21,22). The Hall–Kier alpha value is -2.96. The van der Waals surface area contributed by atoms with E-state index in [0.29, 0.717) is 12.5 Å². The molecule has 130 valence electrons. The second-order valence-electron chi connectivity index (χ2n) is 5.93. The lowest BCUT2D eigenvalue weighted by molar-refractivity contribution is 0.233. The van der Waals surface area contributed by atoms with E-state index in [9.17, 15) is 0 Å². The Morgan fingerprint density at radius 2 is 2.08 bits per heavy atom. The number of rotatable bonds is 6. The first kappa shape index (κ1) is 16.9. The Balaban J connectivity index is 1.68. The maximum atomic E-state index is 5.80. The predicted molar refractivity (Wildman–Crippen MR) is 96.5 cm³/mol. The summed E-state index contributed by atoms with van der Waals surface area (Å²) in [6.07, 6.45) is 5.13. The van der Waals surface area contributed by atoms with E-state index >= 15 is 0 Å². The molecule has 1 atom stereocenters. The van der Waals surface area contributed by atoms with Gasteiger partial charge in [0.25, 0.3) is 0 Å². The first-order chi connectivity index (χ1) is 12.0. The normalized spacial score (nSPS) is 12.0. The fourth-order valence-corrected chi connectivity index (χ4v) is 2.65. The van der Waals surface area contributed by atoms with Gasteiger partial charge >= 0.3 is 0 Å². The lowest BCUT2D eigenvalue weighted by atomic mass is 10.1. The van der Waals surface area contributed by atoms with Crippen LogP contribution in [0.1, 0.15) is 18.3 Å². The lowest BCUT2D eigenvalue weighted by Gasteiger charge is -2.15. The van der Waals surface area contributed by atoms with Crippen molar-refractivity contribution in [2.75, 3.05) is 11.9 Å². The van der Waals surface area contributed by atoms with Crippen LogP contribution in [-0.2, 0) is 7.05 Å². The van der Waals surface area contributed by atoms with Crippen LogP contribution in [-0.4, -0.2) is 37.4 Å². The maximum absolute atomic E-state index is 5.80. The molecule has 0 amide bonds. The summed E-state index contributed by atoms with van der Waals surface area (Å²) in [7, 11) is 1.93. The third kappa shape index (κ3) is 3.93. The highest BCUT2D eigenvalue weighted by Crippen LogP contribution is 2.25. The van der Waals surface area contributed by atoms with E-state index in [1.807, 2.05) is 50.7 Å². The SMILES string of the molecule is Cc1nn(C)c(C)c1-c1ccnc(NCC(C)Oc2cccnc2)n1. The van der Waals surface area contributed by atoms with Crippen molar-refractivity contribution >= 4 is 5.95 Å². The molecule has 0 fully saturated rings. The zero-order valence-corrected chi connectivity index (χ0v) is 14.9. The minimum Gasteiger partial charge on any atom is -0.487 e. The zero-order chi connectivity index (χ0) is 17.8. The molecule has 3 aromatic heterocycles. The van der Waals surface area contributed by atoms with Crippen molar-refractivity contribution in [3.8, 4) is 17.0 Å². The predicted octanol–water partition coefficient (Wildman–Crippen LogP) is 2.77. The van der Waals surface area contributed by atoms with Crippen molar-refractivity contribution in [3.05, 3.63) is 48.2 Å². The van der Waals surface area contributed by atoms with Gasteiger partial charge in [-0.15, -0.1) is 0 Å². The van der Waals surface area contributed by atoms with Gasteiger partial charge in [0, 0.05) is 30.7 Å². The number of pyridine rings is 1. The van der Waals surface area contributed by atoms with Crippen LogP contribution in [0.5, 0.6) is 5.75 Å². The van der Waals surface area contributed by atoms with Gasteiger partial charge in [0.15, 0.2) is 0 Å². The van der Waals surface area contributed by atoms with Gasteiger partial charge in [-0.1, -0.05) is 0 Å². The van der Waals surface area contributed by atoms with Crippen LogP contribution in [0.15, 0.2) is 36.8 Å². The second kappa shape index (κ2) is 7.29. The fourth-order valence-electron chi connectivity index (χ4n) is 2.65. The van der Waals surface area contributed by atoms with Crippen molar-refractivity contribution in [1.82, 2.24) is 24.7 Å². The smallest absolute Gasteiger partial charge is 0.223 e. The quantitative estimate of drug-likeness (QED) is 0.745. The number of hydrogen-bond acceptors (Lipinski definition) is 6. The van der Waals surface area contributed by atoms with E-state index < -0.39 is 0 Å². The summed E-state index contributed by atoms with van der Waals surface area (Å²) in [4.78, 5) is 12.9. The molecule has 0 aliphatic heterocycles. The van der Waals surface area contributed by atoms with Gasteiger partial charge in [-0.25, -0.2) is 9.97 Å². The lowest BCUT2D eigenvalue weighted by Crippen LogP contribution is -2.23. The number of nitrogens with one attached hydrogen (secondary N) is 1. The van der Waals surface area contributed by atoms with E-state index in [1.165, 1.54) is 0 Å². The van der Waals surface area contributed by atoms with Crippen molar-refractivity contribution < 1.29 is 4.74 Å². The molecule has 7 nitrogen and oxygen atoms in total. The third-order valence-corrected chi connectivity index (χ3v) is 3.94. The van der Waals surface area contributed by atoms with Crippen molar-refractivity contribution in [1.29, 1.82) is 0 Å². The maximum Gasteiger partial charge on any atom is 0.223 e. The highest BCUT2D eigenvalue weighted by Gasteiger charge is 2.14. The number of aryl methyl sites for hydroxylation is 2. The van der Waals surface area contributed by atoms with Gasteiger partial charge in [-0.05, 0) is 39.0 Å². The summed E-state index contributed by atoms with van der Waals surface area (Å²) in [6.45, 7) is 6.60. The summed E-state index contributed by atoms with van der Waals surface area (Å²) < 4.78 is 7.66. The number of hydrogen-bond donors (Lipinski definition) is 1. The van der Waals surface area contributed by atoms with Gasteiger partial charge in [-0.3, -0.25) is 9.67 Å². The fraction of sp³-hybridized carbons (Fsp3) is 0.333. The van der Waals surface area contributed by atoms with E-state index in [1.54, 1.807) is 18.6 Å². The minimum atomic E-state index is -0.0432. The number of anilines is 1. The molecule has 3 aromatic rings. The van der Waals surface area contributed by atoms with E-state index in [4.69, 9.17) is 4.74 Å². The number of nitrogens with zero attached hydrogens (tertiary/aromatic N) is 5. The van der Waals surface area contributed by atoms with Gasteiger partial charge in [0.05, 0.1) is 24.1 Å². The highest BCUT2D eigenvalue weighted by atomic mass is 16.5. The van der Waals surface area contributed by atoms with Crippen LogP contribution in [0.4, 0.5) is 5.95 Å². The van der Waals surface area contributed by atoms with Crippen molar-refractivity contribution in [2.45, 2.75) is 26.9 Å². The first-order valence-electron chi connectivity index (χ1n) is 8.18. The average Bonchev–Trinajstić information content (AvgIpc) is 2.86. The number of ether oxygens (including phenoxy) is 1. The monoisotopic (exact) mass is 338 g/mol. The van der Waals surface area contributed by atoms with Gasteiger partial charge in [0.2, 0.25) is 5.95 Å². The average molecular weight is 338 g/mol. The van der Waals surface area contributed by atoms with Gasteiger partial charge in [-0.2, -0.15) is 5.10 Å². The molecule has 0 aliphatic carbocycles. The molecule has 0 aliphatic rings. The van der Waals surface area contributed by atoms with Crippen LogP contribution in [0.25, 0.3) is 11.3 Å². The first-order valence-corrected chi connectivity index (χ1v) is 8.18. The molecule has 0 saturated carbocycles. The minimum absolute atomic E-state index is 0.0432. The second-order valence-corrected chi connectivity index (χ2v) is 5.93. The topological polar surface area (TPSA) is 77.8 Å². The molecule has 1 unspecified atom stereocenters. The Morgan fingerprint density at radius 3 is 2.76 bits per heavy atom.